The Kier molecular flexibility index (Phi) is 9.19. The lowest BCUT2D eigenvalue weighted by molar-refractivity contribution is -0.140. The van der Waals surface area contributed by atoms with Gasteiger partial charge in [-0.1, -0.05) is 75.1 Å². The Morgan fingerprint density at radius 1 is 0.939 bits per heavy atom. The third-order valence-electron chi connectivity index (χ3n) is 5.63. The van der Waals surface area contributed by atoms with E-state index in [4.69, 9.17) is 4.74 Å². The van der Waals surface area contributed by atoms with Crippen LogP contribution in [0.4, 0.5) is 0 Å². The van der Waals surface area contributed by atoms with Crippen molar-refractivity contribution in [2.75, 3.05) is 6.61 Å². The summed E-state index contributed by atoms with van der Waals surface area (Å²) in [6.07, 6.45) is 11.6. The van der Waals surface area contributed by atoms with E-state index in [9.17, 15) is 9.90 Å². The van der Waals surface area contributed by atoms with Gasteiger partial charge in [-0.25, -0.2) is 9.97 Å². The molecule has 0 aliphatic rings. The molecule has 1 unspecified atom stereocenters. The number of carbonyl (C=O) groups is 1. The predicted octanol–water partition coefficient (Wildman–Crippen LogP) is 6.59. The van der Waals surface area contributed by atoms with Gasteiger partial charge in [-0.2, -0.15) is 0 Å². The van der Waals surface area contributed by atoms with Gasteiger partial charge in [0.2, 0.25) is 0 Å². The topological polar surface area (TPSA) is 72.3 Å². The van der Waals surface area contributed by atoms with Crippen molar-refractivity contribution in [3.63, 3.8) is 0 Å². The van der Waals surface area contributed by atoms with E-state index >= 15 is 0 Å². The van der Waals surface area contributed by atoms with Gasteiger partial charge in [0.1, 0.15) is 5.75 Å². The average Bonchev–Trinajstić information content (AvgIpc) is 2.85. The number of carboxylic acids is 1. The van der Waals surface area contributed by atoms with Gasteiger partial charge in [0.05, 0.1) is 12.5 Å². The molecule has 33 heavy (non-hydrogen) atoms. The lowest BCUT2D eigenvalue weighted by atomic mass is 9.98. The van der Waals surface area contributed by atoms with Crippen LogP contribution in [-0.2, 0) is 11.2 Å². The highest BCUT2D eigenvalue weighted by atomic mass is 16.5. The Morgan fingerprint density at radius 3 is 2.18 bits per heavy atom. The molecule has 5 nitrogen and oxygen atoms in total. The largest absolute Gasteiger partial charge is 0.494 e. The highest BCUT2D eigenvalue weighted by Crippen LogP contribution is 2.24. The van der Waals surface area contributed by atoms with Crippen molar-refractivity contribution >= 4 is 5.97 Å². The molecule has 3 aromatic rings. The Hall–Kier alpha value is -3.47. The zero-order valence-electron chi connectivity index (χ0n) is 19.2. The van der Waals surface area contributed by atoms with Crippen molar-refractivity contribution in [3.05, 3.63) is 79.1 Å². The second-order valence-corrected chi connectivity index (χ2v) is 8.16. The number of rotatable bonds is 13. The molecule has 0 spiro atoms. The predicted molar refractivity (Wildman–Crippen MR) is 132 cm³/mol. The summed E-state index contributed by atoms with van der Waals surface area (Å²) in [6, 6.07) is 15.7. The molecule has 0 aliphatic heterocycles. The Bertz CT molecular complexity index is 1010. The number of nitrogens with zero attached hydrogens (tertiary/aromatic N) is 2. The summed E-state index contributed by atoms with van der Waals surface area (Å²) in [7, 11) is 0. The van der Waals surface area contributed by atoms with Crippen LogP contribution in [0.2, 0.25) is 0 Å². The molecule has 1 heterocycles. The van der Waals surface area contributed by atoms with Crippen LogP contribution in [0, 0.1) is 5.92 Å². The van der Waals surface area contributed by atoms with E-state index in [1.165, 1.54) is 31.8 Å². The monoisotopic (exact) mass is 444 g/mol. The second-order valence-electron chi connectivity index (χ2n) is 8.16. The van der Waals surface area contributed by atoms with Crippen LogP contribution in [0.25, 0.3) is 22.5 Å². The second kappa shape index (κ2) is 12.5. The normalized spacial score (nSPS) is 11.7. The highest BCUT2D eigenvalue weighted by molar-refractivity contribution is 5.72. The summed E-state index contributed by atoms with van der Waals surface area (Å²) in [5, 5.41) is 9.18. The maximum atomic E-state index is 11.2. The Labute approximate surface area is 196 Å². The number of aromatic nitrogens is 2. The lowest BCUT2D eigenvalue weighted by Gasteiger charge is -2.09. The molecule has 5 heteroatoms. The van der Waals surface area contributed by atoms with Crippen LogP contribution in [0.15, 0.2) is 73.6 Å². The number of ether oxygens (including phenoxy) is 1. The van der Waals surface area contributed by atoms with Gasteiger partial charge in [-0.3, -0.25) is 4.79 Å². The average molecular weight is 445 g/mol. The minimum absolute atomic E-state index is 0.414. The number of hydrogen-bond acceptors (Lipinski definition) is 4. The molecule has 0 aliphatic carbocycles. The first-order valence-corrected chi connectivity index (χ1v) is 11.6. The molecule has 3 rings (SSSR count). The van der Waals surface area contributed by atoms with Crippen LogP contribution in [0.5, 0.6) is 5.75 Å². The molecule has 1 atom stereocenters. The van der Waals surface area contributed by atoms with Crippen molar-refractivity contribution in [1.29, 1.82) is 0 Å². The van der Waals surface area contributed by atoms with Crippen molar-refractivity contribution in [3.8, 4) is 28.3 Å². The van der Waals surface area contributed by atoms with Gasteiger partial charge in [0.25, 0.3) is 0 Å². The van der Waals surface area contributed by atoms with Crippen LogP contribution in [0.1, 0.15) is 44.6 Å². The Morgan fingerprint density at radius 2 is 1.58 bits per heavy atom. The first-order valence-electron chi connectivity index (χ1n) is 11.6. The van der Waals surface area contributed by atoms with E-state index in [0.717, 1.165) is 41.0 Å². The fraction of sp³-hybridized carbons (Fsp3) is 0.321. The van der Waals surface area contributed by atoms with Gasteiger partial charge < -0.3 is 9.84 Å². The van der Waals surface area contributed by atoms with Crippen molar-refractivity contribution in [2.24, 2.45) is 5.92 Å². The molecule has 1 N–H and O–H groups in total. The van der Waals surface area contributed by atoms with E-state index in [1.807, 2.05) is 60.9 Å². The summed E-state index contributed by atoms with van der Waals surface area (Å²) in [5.74, 6) is 0.0595. The van der Waals surface area contributed by atoms with Gasteiger partial charge in [-0.05, 0) is 36.1 Å². The van der Waals surface area contributed by atoms with Crippen LogP contribution < -0.4 is 4.74 Å². The van der Waals surface area contributed by atoms with Gasteiger partial charge >= 0.3 is 5.97 Å². The van der Waals surface area contributed by atoms with Crippen LogP contribution in [-0.4, -0.2) is 27.7 Å². The fourth-order valence-electron chi connectivity index (χ4n) is 3.58. The summed E-state index contributed by atoms with van der Waals surface area (Å²) in [6.45, 7) is 6.57. The number of aliphatic carboxylic acids is 1. The third-order valence-corrected chi connectivity index (χ3v) is 5.63. The van der Waals surface area contributed by atoms with Gasteiger partial charge in [-0.15, -0.1) is 6.58 Å². The molecular weight excluding hydrogens is 412 g/mol. The number of hydrogen-bond donors (Lipinski definition) is 1. The number of benzene rings is 2. The van der Waals surface area contributed by atoms with Crippen LogP contribution >= 0.6 is 0 Å². The van der Waals surface area contributed by atoms with Crippen molar-refractivity contribution in [2.45, 2.75) is 45.4 Å². The van der Waals surface area contributed by atoms with E-state index in [1.54, 1.807) is 0 Å². The van der Waals surface area contributed by atoms with Crippen LogP contribution in [0.3, 0.4) is 0 Å². The molecule has 2 aromatic carbocycles. The molecular formula is C28H32N2O3. The molecule has 0 bridgehead atoms. The SMILES string of the molecule is C=CC(Cc1ccc(-c2ncc(-c3ccc(OCCCCCCC)cc3)cn2)cc1)C(=O)O. The number of carboxylic acid groups (broad SMARTS) is 1. The van der Waals surface area contributed by atoms with E-state index < -0.39 is 11.9 Å². The molecule has 0 saturated carbocycles. The van der Waals surface area contributed by atoms with Gasteiger partial charge in [0, 0.05) is 23.5 Å². The van der Waals surface area contributed by atoms with E-state index in [0.29, 0.717) is 12.2 Å². The lowest BCUT2D eigenvalue weighted by Crippen LogP contribution is -2.13. The van der Waals surface area contributed by atoms with E-state index in [-0.39, 0.29) is 0 Å². The molecule has 172 valence electrons. The summed E-state index contributed by atoms with van der Waals surface area (Å²) >= 11 is 0. The standard InChI is InChI=1S/C28H32N2O3/c1-3-5-6-7-8-17-33-26-15-13-23(14-16-26)25-19-29-27(30-20-25)24-11-9-21(10-12-24)18-22(4-2)28(31)32/h4,9-16,19-20,22H,2-3,5-8,17-18H2,1H3,(H,31,32). The molecule has 0 amide bonds. The van der Waals surface area contributed by atoms with Crippen molar-refractivity contribution < 1.29 is 14.6 Å². The van der Waals surface area contributed by atoms with E-state index in [2.05, 4.69) is 23.5 Å². The molecule has 0 saturated heterocycles. The molecule has 1 aromatic heterocycles. The molecule has 0 radical (unpaired) electrons. The zero-order valence-corrected chi connectivity index (χ0v) is 19.2. The summed E-state index contributed by atoms with van der Waals surface area (Å²) in [5.41, 5.74) is 3.80. The third kappa shape index (κ3) is 7.28. The maximum Gasteiger partial charge on any atom is 0.310 e. The fourth-order valence-corrected chi connectivity index (χ4v) is 3.58. The number of unbranched alkanes of at least 4 members (excludes halogenated alkanes) is 4. The molecule has 0 fully saturated rings. The minimum Gasteiger partial charge on any atom is -0.494 e. The highest BCUT2D eigenvalue weighted by Gasteiger charge is 2.14. The maximum absolute atomic E-state index is 11.2. The first kappa shape index (κ1) is 24.2. The quantitative estimate of drug-likeness (QED) is 0.238. The van der Waals surface area contributed by atoms with Gasteiger partial charge in [0.15, 0.2) is 5.82 Å². The Balaban J connectivity index is 1.56. The summed E-state index contributed by atoms with van der Waals surface area (Å²) < 4.78 is 5.84. The van der Waals surface area contributed by atoms with Crippen molar-refractivity contribution in [1.82, 2.24) is 9.97 Å². The zero-order chi connectivity index (χ0) is 23.5. The minimum atomic E-state index is -0.866. The smallest absolute Gasteiger partial charge is 0.310 e. The first-order chi connectivity index (χ1) is 16.1. The summed E-state index contributed by atoms with van der Waals surface area (Å²) in [4.78, 5) is 20.2.